The highest BCUT2D eigenvalue weighted by atomic mass is 16.5. The standard InChI is InChI=1S/C17H15N5O3/c1-11-12(10-20-22(11)15-5-3-4-7-19-15)16(23)21-14-6-8-18-9-13(14)17(24)25-2/h3-10H,1-2H3,(H,18,21,23). The number of methoxy groups -OCH3 is 1. The van der Waals surface area contributed by atoms with Crippen LogP contribution in [0.3, 0.4) is 0 Å². The molecule has 0 fully saturated rings. The Morgan fingerprint density at radius 2 is 1.96 bits per heavy atom. The maximum atomic E-state index is 12.6. The van der Waals surface area contributed by atoms with Crippen molar-refractivity contribution in [1.82, 2.24) is 19.7 Å². The number of aromatic nitrogens is 4. The Bertz CT molecular complexity index is 921. The number of hydrogen-bond acceptors (Lipinski definition) is 6. The summed E-state index contributed by atoms with van der Waals surface area (Å²) in [5.41, 5.74) is 1.49. The molecular formula is C17H15N5O3. The molecule has 0 saturated heterocycles. The smallest absolute Gasteiger partial charge is 0.341 e. The maximum Gasteiger partial charge on any atom is 0.341 e. The van der Waals surface area contributed by atoms with Gasteiger partial charge in [-0.2, -0.15) is 5.10 Å². The van der Waals surface area contributed by atoms with Crippen LogP contribution in [-0.2, 0) is 4.74 Å². The molecule has 8 nitrogen and oxygen atoms in total. The van der Waals surface area contributed by atoms with E-state index in [-0.39, 0.29) is 5.56 Å². The van der Waals surface area contributed by atoms with Crippen molar-refractivity contribution in [3.05, 3.63) is 65.9 Å². The fraction of sp³-hybridized carbons (Fsp3) is 0.118. The third-order valence-electron chi connectivity index (χ3n) is 3.60. The minimum atomic E-state index is -0.579. The first-order chi connectivity index (χ1) is 12.1. The summed E-state index contributed by atoms with van der Waals surface area (Å²) in [5, 5.41) is 6.91. The Kier molecular flexibility index (Phi) is 4.51. The third-order valence-corrected chi connectivity index (χ3v) is 3.60. The van der Waals surface area contributed by atoms with Crippen LogP contribution in [0.1, 0.15) is 26.4 Å². The van der Waals surface area contributed by atoms with Gasteiger partial charge >= 0.3 is 5.97 Å². The SMILES string of the molecule is COC(=O)c1cnccc1NC(=O)c1cnn(-c2ccccn2)c1C. The zero-order valence-electron chi connectivity index (χ0n) is 13.6. The minimum absolute atomic E-state index is 0.174. The molecule has 3 rings (SSSR count). The van der Waals surface area contributed by atoms with E-state index in [2.05, 4.69) is 20.4 Å². The summed E-state index contributed by atoms with van der Waals surface area (Å²) in [7, 11) is 1.27. The summed E-state index contributed by atoms with van der Waals surface area (Å²) < 4.78 is 6.27. The van der Waals surface area contributed by atoms with Gasteiger partial charge in [0.25, 0.3) is 5.91 Å². The van der Waals surface area contributed by atoms with Crippen molar-refractivity contribution in [1.29, 1.82) is 0 Å². The molecule has 0 aliphatic carbocycles. The fourth-order valence-electron chi connectivity index (χ4n) is 2.31. The third kappa shape index (κ3) is 3.23. The largest absolute Gasteiger partial charge is 0.465 e. The van der Waals surface area contributed by atoms with Crippen molar-refractivity contribution in [2.45, 2.75) is 6.92 Å². The van der Waals surface area contributed by atoms with Gasteiger partial charge < -0.3 is 10.1 Å². The zero-order chi connectivity index (χ0) is 17.8. The van der Waals surface area contributed by atoms with E-state index in [1.807, 2.05) is 6.07 Å². The van der Waals surface area contributed by atoms with Crippen molar-refractivity contribution < 1.29 is 14.3 Å². The molecule has 3 heterocycles. The Labute approximate surface area is 143 Å². The van der Waals surface area contributed by atoms with Gasteiger partial charge in [-0.15, -0.1) is 0 Å². The van der Waals surface area contributed by atoms with E-state index in [1.165, 1.54) is 31.8 Å². The number of hydrogen-bond donors (Lipinski definition) is 1. The number of carbonyl (C=O) groups excluding carboxylic acids is 2. The lowest BCUT2D eigenvalue weighted by Gasteiger charge is -2.09. The van der Waals surface area contributed by atoms with Gasteiger partial charge in [-0.3, -0.25) is 9.78 Å². The second kappa shape index (κ2) is 6.91. The van der Waals surface area contributed by atoms with Crippen LogP contribution in [0.15, 0.2) is 49.1 Å². The number of carbonyl (C=O) groups is 2. The van der Waals surface area contributed by atoms with Crippen LogP contribution < -0.4 is 5.32 Å². The Hall–Kier alpha value is -3.55. The van der Waals surface area contributed by atoms with Crippen LogP contribution in [-0.4, -0.2) is 38.7 Å². The van der Waals surface area contributed by atoms with Gasteiger partial charge in [0.15, 0.2) is 5.82 Å². The lowest BCUT2D eigenvalue weighted by Crippen LogP contribution is -2.16. The average molecular weight is 337 g/mol. The molecule has 0 aromatic carbocycles. The van der Waals surface area contributed by atoms with Gasteiger partial charge in [0.1, 0.15) is 5.56 Å². The first-order valence-electron chi connectivity index (χ1n) is 7.41. The number of anilines is 1. The topological polar surface area (TPSA) is 99.0 Å². The molecule has 0 saturated carbocycles. The summed E-state index contributed by atoms with van der Waals surface area (Å²) in [4.78, 5) is 32.4. The highest BCUT2D eigenvalue weighted by Crippen LogP contribution is 2.18. The molecule has 8 heteroatoms. The maximum absolute atomic E-state index is 12.6. The van der Waals surface area contributed by atoms with Gasteiger partial charge in [-0.05, 0) is 25.1 Å². The van der Waals surface area contributed by atoms with Gasteiger partial charge in [-0.1, -0.05) is 6.07 Å². The predicted octanol–water partition coefficient (Wildman–Crippen LogP) is 2.01. The fourth-order valence-corrected chi connectivity index (χ4v) is 2.31. The number of ether oxygens (including phenoxy) is 1. The van der Waals surface area contributed by atoms with Crippen LogP contribution in [0.25, 0.3) is 5.82 Å². The van der Waals surface area contributed by atoms with Gasteiger partial charge in [-0.25, -0.2) is 14.5 Å². The van der Waals surface area contributed by atoms with Crippen molar-refractivity contribution in [2.75, 3.05) is 12.4 Å². The molecule has 3 aromatic rings. The van der Waals surface area contributed by atoms with E-state index in [4.69, 9.17) is 4.74 Å². The van der Waals surface area contributed by atoms with Crippen LogP contribution in [0.5, 0.6) is 0 Å². The molecule has 0 unspecified atom stereocenters. The quantitative estimate of drug-likeness (QED) is 0.731. The number of esters is 1. The molecular weight excluding hydrogens is 322 g/mol. The van der Waals surface area contributed by atoms with E-state index in [9.17, 15) is 9.59 Å². The van der Waals surface area contributed by atoms with E-state index in [0.29, 0.717) is 22.8 Å². The number of nitrogens with one attached hydrogen (secondary N) is 1. The predicted molar refractivity (Wildman–Crippen MR) is 89.6 cm³/mol. The first kappa shape index (κ1) is 16.3. The molecule has 0 aliphatic rings. The molecule has 0 spiro atoms. The van der Waals surface area contributed by atoms with E-state index >= 15 is 0 Å². The van der Waals surface area contributed by atoms with Crippen molar-refractivity contribution >= 4 is 17.6 Å². The van der Waals surface area contributed by atoms with E-state index in [1.54, 1.807) is 29.9 Å². The lowest BCUT2D eigenvalue weighted by atomic mass is 10.2. The van der Waals surface area contributed by atoms with Crippen LogP contribution in [0, 0.1) is 6.92 Å². The van der Waals surface area contributed by atoms with Crippen LogP contribution in [0.4, 0.5) is 5.69 Å². The monoisotopic (exact) mass is 337 g/mol. The highest BCUT2D eigenvalue weighted by molar-refractivity contribution is 6.08. The number of amides is 1. The molecule has 0 atom stereocenters. The Morgan fingerprint density at radius 1 is 1.12 bits per heavy atom. The van der Waals surface area contributed by atoms with Crippen molar-refractivity contribution in [3.63, 3.8) is 0 Å². The summed E-state index contributed by atoms with van der Waals surface area (Å²) in [5.74, 6) is -0.362. The second-order valence-corrected chi connectivity index (χ2v) is 5.11. The summed E-state index contributed by atoms with van der Waals surface area (Å²) in [6.07, 6.45) is 5.92. The Balaban J connectivity index is 1.89. The summed E-state index contributed by atoms with van der Waals surface area (Å²) in [6, 6.07) is 6.96. The van der Waals surface area contributed by atoms with Gasteiger partial charge in [0.05, 0.1) is 30.3 Å². The normalized spacial score (nSPS) is 10.3. The summed E-state index contributed by atoms with van der Waals surface area (Å²) >= 11 is 0. The van der Waals surface area contributed by atoms with Crippen molar-refractivity contribution in [3.8, 4) is 5.82 Å². The first-order valence-corrected chi connectivity index (χ1v) is 7.41. The van der Waals surface area contributed by atoms with Gasteiger partial charge in [0, 0.05) is 18.6 Å². The summed E-state index contributed by atoms with van der Waals surface area (Å²) in [6.45, 7) is 1.77. The molecule has 0 radical (unpaired) electrons. The molecule has 3 aromatic heterocycles. The van der Waals surface area contributed by atoms with Crippen LogP contribution >= 0.6 is 0 Å². The van der Waals surface area contributed by atoms with E-state index in [0.717, 1.165) is 0 Å². The highest BCUT2D eigenvalue weighted by Gasteiger charge is 2.19. The number of pyridine rings is 2. The molecule has 1 amide bonds. The second-order valence-electron chi connectivity index (χ2n) is 5.11. The lowest BCUT2D eigenvalue weighted by molar-refractivity contribution is 0.0601. The zero-order valence-corrected chi connectivity index (χ0v) is 13.6. The average Bonchev–Trinajstić information content (AvgIpc) is 3.04. The molecule has 0 aliphatic heterocycles. The van der Waals surface area contributed by atoms with Crippen LogP contribution in [0.2, 0.25) is 0 Å². The minimum Gasteiger partial charge on any atom is -0.465 e. The molecule has 0 bridgehead atoms. The Morgan fingerprint density at radius 3 is 2.68 bits per heavy atom. The molecule has 126 valence electrons. The van der Waals surface area contributed by atoms with Gasteiger partial charge in [0.2, 0.25) is 0 Å². The molecule has 1 N–H and O–H groups in total. The molecule has 25 heavy (non-hydrogen) atoms. The van der Waals surface area contributed by atoms with E-state index < -0.39 is 11.9 Å². The number of rotatable bonds is 4. The van der Waals surface area contributed by atoms with Crippen molar-refractivity contribution in [2.24, 2.45) is 0 Å². The number of nitrogens with zero attached hydrogens (tertiary/aromatic N) is 4.